The molecule has 1 unspecified atom stereocenters. The molecular weight excluding hydrogens is 142 g/mol. The average molecular weight is 157 g/mol. The summed E-state index contributed by atoms with van der Waals surface area (Å²) in [6.07, 6.45) is 1.75. The van der Waals surface area contributed by atoms with Gasteiger partial charge in [0.05, 0.1) is 0 Å². The van der Waals surface area contributed by atoms with E-state index < -0.39 is 12.0 Å². The van der Waals surface area contributed by atoms with E-state index in [2.05, 4.69) is 13.8 Å². The Morgan fingerprint density at radius 1 is 1.82 bits per heavy atom. The zero-order valence-electron chi connectivity index (χ0n) is 7.00. The van der Waals surface area contributed by atoms with Crippen LogP contribution in [-0.2, 0) is 4.79 Å². The standard InChI is InChI=1S/C8H15NO2/c1-8(2)4-5(8)3-6(9)7(10)11/h5-6H,3-4,9H2,1-2H3,(H,10,11)/t5?,6-/m1/s1. The third-order valence-electron chi connectivity index (χ3n) is 2.57. The predicted molar refractivity (Wildman–Crippen MR) is 42.1 cm³/mol. The van der Waals surface area contributed by atoms with Crippen LogP contribution in [0.25, 0.3) is 0 Å². The molecule has 0 saturated heterocycles. The lowest BCUT2D eigenvalue weighted by Gasteiger charge is -2.06. The highest BCUT2D eigenvalue weighted by atomic mass is 16.4. The number of rotatable bonds is 3. The average Bonchev–Trinajstić information content (AvgIpc) is 2.39. The molecule has 3 heteroatoms. The van der Waals surface area contributed by atoms with Crippen LogP contribution in [0.4, 0.5) is 0 Å². The van der Waals surface area contributed by atoms with Gasteiger partial charge < -0.3 is 10.8 Å². The van der Waals surface area contributed by atoms with Crippen molar-refractivity contribution >= 4 is 5.97 Å². The SMILES string of the molecule is CC1(C)CC1C[C@@H](N)C(=O)O. The minimum Gasteiger partial charge on any atom is -0.480 e. The summed E-state index contributed by atoms with van der Waals surface area (Å²) >= 11 is 0. The molecule has 0 aromatic heterocycles. The first-order valence-electron chi connectivity index (χ1n) is 3.92. The second-order valence-electron chi connectivity index (χ2n) is 4.07. The van der Waals surface area contributed by atoms with Crippen molar-refractivity contribution in [1.29, 1.82) is 0 Å². The second-order valence-corrected chi connectivity index (χ2v) is 4.07. The fourth-order valence-corrected chi connectivity index (χ4v) is 1.39. The highest BCUT2D eigenvalue weighted by molar-refractivity contribution is 5.73. The maximum absolute atomic E-state index is 10.3. The van der Waals surface area contributed by atoms with E-state index in [0.29, 0.717) is 17.8 Å². The Morgan fingerprint density at radius 3 is 2.55 bits per heavy atom. The van der Waals surface area contributed by atoms with Gasteiger partial charge in [0.2, 0.25) is 0 Å². The number of hydrogen-bond acceptors (Lipinski definition) is 2. The monoisotopic (exact) mass is 157 g/mol. The van der Waals surface area contributed by atoms with Crippen molar-refractivity contribution in [3.8, 4) is 0 Å². The summed E-state index contributed by atoms with van der Waals surface area (Å²) in [5.41, 5.74) is 5.72. The van der Waals surface area contributed by atoms with Crippen LogP contribution >= 0.6 is 0 Å². The van der Waals surface area contributed by atoms with E-state index in [0.717, 1.165) is 6.42 Å². The molecule has 1 fully saturated rings. The molecule has 3 N–H and O–H groups in total. The summed E-state index contributed by atoms with van der Waals surface area (Å²) in [6, 6.07) is -0.665. The molecule has 0 spiro atoms. The molecule has 1 aliphatic carbocycles. The van der Waals surface area contributed by atoms with Gasteiger partial charge in [-0.15, -0.1) is 0 Å². The van der Waals surface area contributed by atoms with Gasteiger partial charge in [0.25, 0.3) is 0 Å². The number of carboxylic acid groups (broad SMARTS) is 1. The first-order chi connectivity index (χ1) is 4.93. The highest BCUT2D eigenvalue weighted by Gasteiger charge is 2.46. The molecule has 1 saturated carbocycles. The Kier molecular flexibility index (Phi) is 1.92. The molecule has 1 aliphatic rings. The van der Waals surface area contributed by atoms with E-state index in [1.54, 1.807) is 0 Å². The maximum Gasteiger partial charge on any atom is 0.320 e. The number of carbonyl (C=O) groups is 1. The summed E-state index contributed by atoms with van der Waals surface area (Å²) < 4.78 is 0. The molecule has 0 aromatic carbocycles. The van der Waals surface area contributed by atoms with Crippen molar-refractivity contribution in [2.45, 2.75) is 32.7 Å². The van der Waals surface area contributed by atoms with Crippen LogP contribution in [-0.4, -0.2) is 17.1 Å². The fourth-order valence-electron chi connectivity index (χ4n) is 1.39. The molecule has 3 nitrogen and oxygen atoms in total. The van der Waals surface area contributed by atoms with Crippen LogP contribution in [0.3, 0.4) is 0 Å². The van der Waals surface area contributed by atoms with Crippen molar-refractivity contribution in [3.63, 3.8) is 0 Å². The smallest absolute Gasteiger partial charge is 0.320 e. The Balaban J connectivity index is 2.29. The molecule has 0 aromatic rings. The topological polar surface area (TPSA) is 63.3 Å². The lowest BCUT2D eigenvalue weighted by Crippen LogP contribution is -2.30. The van der Waals surface area contributed by atoms with Crippen molar-refractivity contribution in [2.75, 3.05) is 0 Å². The van der Waals surface area contributed by atoms with Gasteiger partial charge in [-0.25, -0.2) is 0 Å². The third-order valence-corrected chi connectivity index (χ3v) is 2.57. The van der Waals surface area contributed by atoms with Crippen LogP contribution in [0.1, 0.15) is 26.7 Å². The van der Waals surface area contributed by atoms with E-state index in [9.17, 15) is 4.79 Å². The zero-order chi connectivity index (χ0) is 8.65. The van der Waals surface area contributed by atoms with E-state index in [-0.39, 0.29) is 0 Å². The minimum atomic E-state index is -0.882. The highest BCUT2D eigenvalue weighted by Crippen LogP contribution is 2.53. The van der Waals surface area contributed by atoms with Crippen LogP contribution in [0.2, 0.25) is 0 Å². The summed E-state index contributed by atoms with van der Waals surface area (Å²) in [5.74, 6) is -0.360. The van der Waals surface area contributed by atoms with Crippen molar-refractivity contribution in [2.24, 2.45) is 17.1 Å². The van der Waals surface area contributed by atoms with E-state index >= 15 is 0 Å². The first-order valence-corrected chi connectivity index (χ1v) is 3.92. The van der Waals surface area contributed by atoms with Gasteiger partial charge in [-0.1, -0.05) is 13.8 Å². The normalized spacial score (nSPS) is 29.5. The zero-order valence-corrected chi connectivity index (χ0v) is 7.00. The van der Waals surface area contributed by atoms with Gasteiger partial charge in [0.15, 0.2) is 0 Å². The van der Waals surface area contributed by atoms with Gasteiger partial charge in [-0.2, -0.15) is 0 Å². The van der Waals surface area contributed by atoms with Crippen LogP contribution in [0.15, 0.2) is 0 Å². The van der Waals surface area contributed by atoms with Gasteiger partial charge >= 0.3 is 5.97 Å². The number of hydrogen-bond donors (Lipinski definition) is 2. The molecule has 0 heterocycles. The molecule has 0 bridgehead atoms. The second kappa shape index (κ2) is 2.48. The van der Waals surface area contributed by atoms with E-state index in [1.165, 1.54) is 0 Å². The number of aliphatic carboxylic acids is 1. The van der Waals surface area contributed by atoms with Gasteiger partial charge in [-0.3, -0.25) is 4.79 Å². The fraction of sp³-hybridized carbons (Fsp3) is 0.875. The third kappa shape index (κ3) is 1.93. The summed E-state index contributed by atoms with van der Waals surface area (Å²) in [7, 11) is 0. The summed E-state index contributed by atoms with van der Waals surface area (Å²) in [4.78, 5) is 10.3. The summed E-state index contributed by atoms with van der Waals surface area (Å²) in [6.45, 7) is 4.29. The Morgan fingerprint density at radius 2 is 2.27 bits per heavy atom. The molecule has 0 aliphatic heterocycles. The molecular formula is C8H15NO2. The van der Waals surface area contributed by atoms with Gasteiger partial charge in [-0.05, 0) is 24.2 Å². The van der Waals surface area contributed by atoms with Crippen molar-refractivity contribution in [3.05, 3.63) is 0 Å². The molecule has 11 heavy (non-hydrogen) atoms. The number of carboxylic acids is 1. The summed E-state index contributed by atoms with van der Waals surface area (Å²) in [5, 5.41) is 8.50. The van der Waals surface area contributed by atoms with E-state index in [4.69, 9.17) is 10.8 Å². The first kappa shape index (κ1) is 8.53. The Labute approximate surface area is 66.6 Å². The molecule has 0 radical (unpaired) electrons. The molecule has 64 valence electrons. The van der Waals surface area contributed by atoms with Crippen molar-refractivity contribution < 1.29 is 9.90 Å². The molecule has 2 atom stereocenters. The van der Waals surface area contributed by atoms with E-state index in [1.807, 2.05) is 0 Å². The molecule has 0 amide bonds. The molecule has 1 rings (SSSR count). The largest absolute Gasteiger partial charge is 0.480 e. The van der Waals surface area contributed by atoms with Crippen LogP contribution in [0.5, 0.6) is 0 Å². The maximum atomic E-state index is 10.3. The van der Waals surface area contributed by atoms with Crippen LogP contribution in [0, 0.1) is 11.3 Å². The Hall–Kier alpha value is -0.570. The lowest BCUT2D eigenvalue weighted by molar-refractivity contribution is -0.138. The lowest BCUT2D eigenvalue weighted by atomic mass is 10.0. The minimum absolute atomic E-state index is 0.340. The quantitative estimate of drug-likeness (QED) is 0.638. The van der Waals surface area contributed by atoms with Gasteiger partial charge in [0, 0.05) is 0 Å². The predicted octanol–water partition coefficient (Wildman–Crippen LogP) is 0.834. The van der Waals surface area contributed by atoms with Crippen LogP contribution < -0.4 is 5.73 Å². The van der Waals surface area contributed by atoms with Crippen molar-refractivity contribution in [1.82, 2.24) is 0 Å². The number of nitrogens with two attached hydrogens (primary N) is 1. The Bertz CT molecular complexity index is 177. The van der Waals surface area contributed by atoms with Gasteiger partial charge in [0.1, 0.15) is 6.04 Å².